The normalized spacial score (nSPS) is 20.9. The highest BCUT2D eigenvalue weighted by atomic mass is 35.5. The molecule has 140 valence electrons. The third kappa shape index (κ3) is 3.85. The molecule has 0 radical (unpaired) electrons. The van der Waals surface area contributed by atoms with Crippen molar-refractivity contribution in [2.24, 2.45) is 5.92 Å². The third-order valence-corrected chi connectivity index (χ3v) is 4.83. The molecule has 1 fully saturated rings. The van der Waals surface area contributed by atoms with Crippen LogP contribution in [0.4, 0.5) is 0 Å². The van der Waals surface area contributed by atoms with E-state index in [1.807, 2.05) is 12.1 Å². The molecule has 0 saturated carbocycles. The van der Waals surface area contributed by atoms with Crippen LogP contribution in [0.25, 0.3) is 0 Å². The van der Waals surface area contributed by atoms with Gasteiger partial charge in [0.15, 0.2) is 11.5 Å². The molecule has 7 heteroatoms. The second kappa shape index (κ2) is 7.48. The Morgan fingerprint density at radius 2 is 1.93 bits per heavy atom. The number of ether oxygens (including phenoxy) is 3. The number of cyclic esters (lactones) is 1. The molecule has 2 aromatic carbocycles. The summed E-state index contributed by atoms with van der Waals surface area (Å²) in [5.41, 5.74) is 1.60. The fraction of sp³-hybridized carbons (Fsp3) is 0.300. The zero-order valence-electron chi connectivity index (χ0n) is 14.4. The molecule has 1 amide bonds. The van der Waals surface area contributed by atoms with Crippen LogP contribution in [-0.4, -0.2) is 25.1 Å². The summed E-state index contributed by atoms with van der Waals surface area (Å²) < 4.78 is 16.5. The summed E-state index contributed by atoms with van der Waals surface area (Å²) in [6.45, 7) is 1.29. The summed E-state index contributed by atoms with van der Waals surface area (Å²) in [6, 6.07) is 12.6. The Labute approximate surface area is 161 Å². The van der Waals surface area contributed by atoms with Gasteiger partial charge in [-0.25, -0.2) is 0 Å². The number of halogens is 1. The number of amides is 1. The van der Waals surface area contributed by atoms with Crippen molar-refractivity contribution in [3.8, 4) is 11.5 Å². The Hall–Kier alpha value is -2.73. The minimum Gasteiger partial charge on any atom is -0.486 e. The zero-order valence-corrected chi connectivity index (χ0v) is 15.2. The maximum atomic E-state index is 12.7. The van der Waals surface area contributed by atoms with Crippen LogP contribution in [0.2, 0.25) is 5.02 Å². The molecular weight excluding hydrogens is 370 g/mol. The summed E-state index contributed by atoms with van der Waals surface area (Å²) in [5, 5.41) is 3.47. The van der Waals surface area contributed by atoms with Gasteiger partial charge in [-0.1, -0.05) is 29.8 Å². The van der Waals surface area contributed by atoms with Crippen LogP contribution < -0.4 is 14.8 Å². The maximum Gasteiger partial charge on any atom is 0.307 e. The van der Waals surface area contributed by atoms with E-state index in [4.69, 9.17) is 25.8 Å². The Bertz CT molecular complexity index is 884. The first-order chi connectivity index (χ1) is 13.1. The molecule has 2 aliphatic rings. The first-order valence-corrected chi connectivity index (χ1v) is 9.09. The predicted molar refractivity (Wildman–Crippen MR) is 97.7 cm³/mol. The molecule has 2 aliphatic heterocycles. The van der Waals surface area contributed by atoms with Gasteiger partial charge in [-0.15, -0.1) is 0 Å². The molecule has 27 heavy (non-hydrogen) atoms. The number of carbonyl (C=O) groups excluding carboxylic acids is 2. The monoisotopic (exact) mass is 387 g/mol. The minimum absolute atomic E-state index is 0.0422. The lowest BCUT2D eigenvalue weighted by Gasteiger charge is -2.22. The average molecular weight is 388 g/mol. The van der Waals surface area contributed by atoms with Crippen LogP contribution >= 0.6 is 11.6 Å². The molecule has 0 aromatic heterocycles. The first-order valence-electron chi connectivity index (χ1n) is 8.71. The number of carbonyl (C=O) groups is 2. The summed E-state index contributed by atoms with van der Waals surface area (Å²) in [5.74, 6) is 0.0221. The van der Waals surface area contributed by atoms with Crippen molar-refractivity contribution in [2.45, 2.75) is 19.1 Å². The molecule has 2 atom stereocenters. The highest BCUT2D eigenvalue weighted by molar-refractivity contribution is 6.30. The molecule has 2 aromatic rings. The van der Waals surface area contributed by atoms with Gasteiger partial charge in [0.05, 0.1) is 12.3 Å². The van der Waals surface area contributed by atoms with Crippen LogP contribution in [0.15, 0.2) is 42.5 Å². The van der Waals surface area contributed by atoms with Gasteiger partial charge in [0.25, 0.3) is 0 Å². The van der Waals surface area contributed by atoms with Crippen LogP contribution in [0.3, 0.4) is 0 Å². The number of rotatable bonds is 4. The van der Waals surface area contributed by atoms with E-state index < -0.39 is 18.0 Å². The Kier molecular flexibility index (Phi) is 4.90. The van der Waals surface area contributed by atoms with Crippen molar-refractivity contribution in [2.75, 3.05) is 13.2 Å². The molecule has 1 N–H and O–H groups in total. The van der Waals surface area contributed by atoms with Gasteiger partial charge >= 0.3 is 5.97 Å². The third-order valence-electron chi connectivity index (χ3n) is 4.60. The lowest BCUT2D eigenvalue weighted by Crippen LogP contribution is -2.32. The van der Waals surface area contributed by atoms with Gasteiger partial charge in [-0.05, 0) is 35.4 Å². The summed E-state index contributed by atoms with van der Waals surface area (Å²) in [6.07, 6.45) is -0.604. The SMILES string of the molecule is O=C1C[C@H](C(=O)NCc2cccc(Cl)c2)[C@H](c2ccc3c(c2)OCCO3)O1. The van der Waals surface area contributed by atoms with Crippen molar-refractivity contribution in [1.82, 2.24) is 5.32 Å². The Balaban J connectivity index is 1.49. The van der Waals surface area contributed by atoms with E-state index in [0.29, 0.717) is 41.8 Å². The lowest BCUT2D eigenvalue weighted by atomic mass is 9.94. The number of benzene rings is 2. The zero-order chi connectivity index (χ0) is 18.8. The van der Waals surface area contributed by atoms with E-state index in [0.717, 1.165) is 5.56 Å². The van der Waals surface area contributed by atoms with Gasteiger partial charge in [0.2, 0.25) is 5.91 Å². The molecule has 0 spiro atoms. The van der Waals surface area contributed by atoms with Gasteiger partial charge < -0.3 is 19.5 Å². The molecule has 2 heterocycles. The van der Waals surface area contributed by atoms with Gasteiger partial charge in [0, 0.05) is 11.6 Å². The summed E-state index contributed by atoms with van der Waals surface area (Å²) in [4.78, 5) is 24.6. The van der Waals surface area contributed by atoms with E-state index in [1.165, 1.54) is 0 Å². The van der Waals surface area contributed by atoms with Crippen LogP contribution in [0, 0.1) is 5.92 Å². The number of fused-ring (bicyclic) bond motifs is 1. The summed E-state index contributed by atoms with van der Waals surface area (Å²) in [7, 11) is 0. The molecule has 4 rings (SSSR count). The largest absolute Gasteiger partial charge is 0.486 e. The highest BCUT2D eigenvalue weighted by Crippen LogP contribution is 2.40. The van der Waals surface area contributed by atoms with Crippen molar-refractivity contribution in [3.63, 3.8) is 0 Å². The number of hydrogen-bond acceptors (Lipinski definition) is 5. The average Bonchev–Trinajstić information content (AvgIpc) is 3.07. The van der Waals surface area contributed by atoms with Gasteiger partial charge in [0.1, 0.15) is 19.3 Å². The first kappa shape index (κ1) is 17.7. The molecular formula is C20H18ClNO5. The number of hydrogen-bond donors (Lipinski definition) is 1. The van der Waals surface area contributed by atoms with Crippen molar-refractivity contribution < 1.29 is 23.8 Å². The van der Waals surface area contributed by atoms with Crippen LogP contribution in [0.1, 0.15) is 23.7 Å². The highest BCUT2D eigenvalue weighted by Gasteiger charge is 2.41. The van der Waals surface area contributed by atoms with E-state index in [2.05, 4.69) is 5.32 Å². The van der Waals surface area contributed by atoms with E-state index >= 15 is 0 Å². The van der Waals surface area contributed by atoms with Crippen LogP contribution in [-0.2, 0) is 20.9 Å². The summed E-state index contributed by atoms with van der Waals surface area (Å²) >= 11 is 5.97. The number of nitrogens with one attached hydrogen (secondary N) is 1. The van der Waals surface area contributed by atoms with E-state index in [-0.39, 0.29) is 12.3 Å². The van der Waals surface area contributed by atoms with Crippen molar-refractivity contribution in [3.05, 3.63) is 58.6 Å². The second-order valence-corrected chi connectivity index (χ2v) is 6.91. The van der Waals surface area contributed by atoms with Gasteiger partial charge in [-0.2, -0.15) is 0 Å². The van der Waals surface area contributed by atoms with Crippen molar-refractivity contribution in [1.29, 1.82) is 0 Å². The predicted octanol–water partition coefficient (Wildman–Crippen LogP) is 3.03. The molecule has 0 bridgehead atoms. The minimum atomic E-state index is -0.646. The quantitative estimate of drug-likeness (QED) is 0.816. The topological polar surface area (TPSA) is 73.9 Å². The van der Waals surface area contributed by atoms with E-state index in [1.54, 1.807) is 30.3 Å². The molecule has 6 nitrogen and oxygen atoms in total. The van der Waals surface area contributed by atoms with Gasteiger partial charge in [-0.3, -0.25) is 9.59 Å². The molecule has 0 aliphatic carbocycles. The standard InChI is InChI=1S/C20H18ClNO5/c21-14-3-1-2-12(8-14)11-22-20(24)15-10-18(23)27-19(15)13-4-5-16-17(9-13)26-7-6-25-16/h1-5,8-9,15,19H,6-7,10-11H2,(H,22,24)/t15-,19-/m0/s1. The maximum absolute atomic E-state index is 12.7. The molecule has 1 saturated heterocycles. The second-order valence-electron chi connectivity index (χ2n) is 6.47. The smallest absolute Gasteiger partial charge is 0.307 e. The number of esters is 1. The fourth-order valence-electron chi connectivity index (χ4n) is 3.29. The Morgan fingerprint density at radius 3 is 2.74 bits per heavy atom. The molecule has 0 unspecified atom stereocenters. The van der Waals surface area contributed by atoms with Crippen molar-refractivity contribution >= 4 is 23.5 Å². The van der Waals surface area contributed by atoms with Crippen LogP contribution in [0.5, 0.6) is 11.5 Å². The lowest BCUT2D eigenvalue weighted by molar-refractivity contribution is -0.141. The fourth-order valence-corrected chi connectivity index (χ4v) is 3.51. The Morgan fingerprint density at radius 1 is 1.11 bits per heavy atom. The van der Waals surface area contributed by atoms with E-state index in [9.17, 15) is 9.59 Å².